The van der Waals surface area contributed by atoms with Crippen molar-refractivity contribution in [3.05, 3.63) is 35.4 Å². The smallest absolute Gasteiger partial charge is 0.299 e. The van der Waals surface area contributed by atoms with Gasteiger partial charge in [-0.25, -0.2) is 8.42 Å². The van der Waals surface area contributed by atoms with Crippen LogP contribution in [0.15, 0.2) is 24.3 Å². The summed E-state index contributed by atoms with van der Waals surface area (Å²) in [5.41, 5.74) is -0.209. The van der Waals surface area contributed by atoms with Crippen LogP contribution < -0.4 is 0 Å². The molecule has 0 saturated carbocycles. The van der Waals surface area contributed by atoms with Gasteiger partial charge in [0, 0.05) is 12.3 Å². The van der Waals surface area contributed by atoms with Gasteiger partial charge in [-0.15, -0.1) is 0 Å². The summed E-state index contributed by atoms with van der Waals surface area (Å²) < 4.78 is 61.6. The third kappa shape index (κ3) is 3.16. The van der Waals surface area contributed by atoms with E-state index in [1.165, 1.54) is 12.1 Å². The summed E-state index contributed by atoms with van der Waals surface area (Å²) in [7, 11) is -3.07. The summed E-state index contributed by atoms with van der Waals surface area (Å²) in [6.45, 7) is 0. The highest BCUT2D eigenvalue weighted by atomic mass is 32.2. The lowest BCUT2D eigenvalue weighted by molar-refractivity contribution is -0.137. The molecule has 2 aliphatic rings. The minimum absolute atomic E-state index is 0.0578. The predicted octanol–water partition coefficient (Wildman–Crippen LogP) is 3.17. The summed E-state index contributed by atoms with van der Waals surface area (Å²) in [5, 5.41) is -0.828. The highest BCUT2D eigenvalue weighted by molar-refractivity contribution is 7.93. The van der Waals surface area contributed by atoms with Crippen LogP contribution >= 0.6 is 0 Å². The van der Waals surface area contributed by atoms with E-state index in [0.717, 1.165) is 12.1 Å². The van der Waals surface area contributed by atoms with Crippen molar-refractivity contribution in [3.63, 3.8) is 0 Å². The first-order chi connectivity index (χ1) is 10.7. The van der Waals surface area contributed by atoms with E-state index in [1.807, 2.05) is 0 Å². The Morgan fingerprint density at radius 1 is 1.04 bits per heavy atom. The van der Waals surface area contributed by atoms with Crippen molar-refractivity contribution in [2.75, 3.05) is 0 Å². The number of ketones is 1. The summed E-state index contributed by atoms with van der Waals surface area (Å²) >= 11 is 0. The molecule has 0 amide bonds. The van der Waals surface area contributed by atoms with Crippen LogP contribution in [0, 0.1) is 5.92 Å². The van der Waals surface area contributed by atoms with E-state index in [9.17, 15) is 26.4 Å². The Hall–Kier alpha value is -1.37. The number of hydrogen-bond donors (Lipinski definition) is 0. The number of Topliss-reactive ketones (excluding diaryl/α,β-unsaturated/α-hetero) is 1. The predicted molar refractivity (Wildman–Crippen MR) is 78.6 cm³/mol. The maximum atomic E-state index is 12.5. The third-order valence-electron chi connectivity index (χ3n) is 4.95. The SMILES string of the molecule is O=C(Cc1ccc(C(F)(F)F)cc1)C1CC2CCC(C1)S2(=O)=O. The summed E-state index contributed by atoms with van der Waals surface area (Å²) in [4.78, 5) is 12.4. The molecule has 0 spiro atoms. The van der Waals surface area contributed by atoms with Crippen LogP contribution in [-0.2, 0) is 27.2 Å². The molecule has 2 atom stereocenters. The standard InChI is InChI=1S/C16H17F3O3S/c17-16(18,19)12-3-1-10(2-4-12)7-15(20)11-8-13-5-6-14(9-11)23(13,21)22/h1-4,11,13-14H,5-9H2. The molecule has 2 fully saturated rings. The van der Waals surface area contributed by atoms with E-state index < -0.39 is 32.1 Å². The lowest BCUT2D eigenvalue weighted by Crippen LogP contribution is -2.36. The minimum atomic E-state index is -4.39. The van der Waals surface area contributed by atoms with Gasteiger partial charge in [0.2, 0.25) is 0 Å². The maximum Gasteiger partial charge on any atom is 0.416 e. The summed E-state index contributed by atoms with van der Waals surface area (Å²) in [5.74, 6) is -0.366. The Morgan fingerprint density at radius 3 is 2.04 bits per heavy atom. The van der Waals surface area contributed by atoms with Gasteiger partial charge in [0.25, 0.3) is 0 Å². The fraction of sp³-hybridized carbons (Fsp3) is 0.562. The first-order valence-corrected chi connectivity index (χ1v) is 9.20. The van der Waals surface area contributed by atoms with Crippen molar-refractivity contribution in [2.45, 2.75) is 48.8 Å². The second-order valence-corrected chi connectivity index (χ2v) is 8.93. The molecule has 126 valence electrons. The molecule has 2 saturated heterocycles. The van der Waals surface area contributed by atoms with Gasteiger partial charge in [-0.05, 0) is 43.4 Å². The van der Waals surface area contributed by atoms with E-state index >= 15 is 0 Å². The molecule has 2 unspecified atom stereocenters. The topological polar surface area (TPSA) is 51.2 Å². The fourth-order valence-corrected chi connectivity index (χ4v) is 6.10. The Kier molecular flexibility index (Phi) is 4.02. The van der Waals surface area contributed by atoms with Gasteiger partial charge >= 0.3 is 6.18 Å². The molecule has 2 heterocycles. The molecule has 2 bridgehead atoms. The second-order valence-electron chi connectivity index (χ2n) is 6.42. The molecule has 0 aromatic heterocycles. The molecule has 2 aliphatic heterocycles. The monoisotopic (exact) mass is 346 g/mol. The van der Waals surface area contributed by atoms with Gasteiger partial charge in [0.15, 0.2) is 9.84 Å². The Bertz CT molecular complexity index is 687. The molecule has 1 aromatic rings. The van der Waals surface area contributed by atoms with Gasteiger partial charge in [-0.2, -0.15) is 13.2 Å². The van der Waals surface area contributed by atoms with E-state index in [4.69, 9.17) is 0 Å². The normalized spacial score (nSPS) is 29.4. The molecule has 3 rings (SSSR count). The van der Waals surface area contributed by atoms with Gasteiger partial charge in [0.05, 0.1) is 16.1 Å². The highest BCUT2D eigenvalue weighted by Crippen LogP contribution is 2.41. The molecular weight excluding hydrogens is 329 g/mol. The molecule has 0 radical (unpaired) electrons. The van der Waals surface area contributed by atoms with Crippen LogP contribution in [0.3, 0.4) is 0 Å². The molecule has 7 heteroatoms. The number of benzene rings is 1. The van der Waals surface area contributed by atoms with Gasteiger partial charge in [-0.1, -0.05) is 12.1 Å². The Morgan fingerprint density at radius 2 is 1.57 bits per heavy atom. The summed E-state index contributed by atoms with van der Waals surface area (Å²) in [6.07, 6.45) is -2.37. The Labute approximate surface area is 132 Å². The van der Waals surface area contributed by atoms with Crippen LogP contribution in [-0.4, -0.2) is 24.7 Å². The van der Waals surface area contributed by atoms with Crippen LogP contribution in [0.5, 0.6) is 0 Å². The van der Waals surface area contributed by atoms with E-state index in [1.54, 1.807) is 0 Å². The third-order valence-corrected chi connectivity index (χ3v) is 7.66. The number of alkyl halides is 3. The van der Waals surface area contributed by atoms with Crippen LogP contribution in [0.4, 0.5) is 13.2 Å². The van der Waals surface area contributed by atoms with E-state index in [2.05, 4.69) is 0 Å². The zero-order valence-corrected chi connectivity index (χ0v) is 13.2. The van der Waals surface area contributed by atoms with E-state index in [-0.39, 0.29) is 18.1 Å². The highest BCUT2D eigenvalue weighted by Gasteiger charge is 2.48. The largest absolute Gasteiger partial charge is 0.416 e. The lowest BCUT2D eigenvalue weighted by Gasteiger charge is -2.27. The number of sulfone groups is 1. The van der Waals surface area contributed by atoms with Crippen molar-refractivity contribution >= 4 is 15.6 Å². The average molecular weight is 346 g/mol. The lowest BCUT2D eigenvalue weighted by atomic mass is 9.90. The maximum absolute atomic E-state index is 12.5. The number of halogens is 3. The van der Waals surface area contributed by atoms with Crippen molar-refractivity contribution in [2.24, 2.45) is 5.92 Å². The minimum Gasteiger partial charge on any atom is -0.299 e. The number of fused-ring (bicyclic) bond motifs is 2. The number of carbonyl (C=O) groups excluding carboxylic acids is 1. The number of carbonyl (C=O) groups is 1. The zero-order valence-electron chi connectivity index (χ0n) is 12.3. The van der Waals surface area contributed by atoms with Crippen LogP contribution in [0.25, 0.3) is 0 Å². The number of rotatable bonds is 3. The quantitative estimate of drug-likeness (QED) is 0.845. The Balaban J connectivity index is 1.66. The van der Waals surface area contributed by atoms with Gasteiger partial charge in [0.1, 0.15) is 5.78 Å². The molecule has 0 N–H and O–H groups in total. The molecule has 0 aliphatic carbocycles. The first kappa shape index (κ1) is 16.5. The zero-order chi connectivity index (χ0) is 16.8. The van der Waals surface area contributed by atoms with Crippen molar-refractivity contribution in [1.82, 2.24) is 0 Å². The van der Waals surface area contributed by atoms with Crippen LogP contribution in [0.1, 0.15) is 36.8 Å². The average Bonchev–Trinajstić information content (AvgIpc) is 2.66. The van der Waals surface area contributed by atoms with Crippen molar-refractivity contribution in [1.29, 1.82) is 0 Å². The fourth-order valence-electron chi connectivity index (χ4n) is 3.63. The van der Waals surface area contributed by atoms with Gasteiger partial charge < -0.3 is 0 Å². The molecule has 1 aromatic carbocycles. The van der Waals surface area contributed by atoms with E-state index in [0.29, 0.717) is 31.2 Å². The van der Waals surface area contributed by atoms with Crippen molar-refractivity contribution < 1.29 is 26.4 Å². The molecule has 3 nitrogen and oxygen atoms in total. The number of hydrogen-bond acceptors (Lipinski definition) is 3. The van der Waals surface area contributed by atoms with Crippen molar-refractivity contribution in [3.8, 4) is 0 Å². The first-order valence-electron chi connectivity index (χ1n) is 7.59. The molecular formula is C16H17F3O3S. The van der Waals surface area contributed by atoms with Crippen LogP contribution in [0.2, 0.25) is 0 Å². The van der Waals surface area contributed by atoms with Gasteiger partial charge in [-0.3, -0.25) is 4.79 Å². The molecule has 23 heavy (non-hydrogen) atoms. The second kappa shape index (κ2) is 5.61. The summed E-state index contributed by atoms with van der Waals surface area (Å²) in [6, 6.07) is 4.57.